The van der Waals surface area contributed by atoms with Gasteiger partial charge in [-0.2, -0.15) is 0 Å². The largest absolute Gasteiger partial charge is 0.481 e. The Labute approximate surface area is 131 Å². The van der Waals surface area contributed by atoms with E-state index in [1.165, 1.54) is 0 Å². The first-order valence-corrected chi connectivity index (χ1v) is 8.02. The number of hydrogen-bond acceptors (Lipinski definition) is 3. The number of nitrogens with zero attached hydrogens (tertiary/aromatic N) is 1. The number of carbonyl (C=O) groups is 2. The van der Waals surface area contributed by atoms with Gasteiger partial charge in [0.25, 0.3) is 0 Å². The van der Waals surface area contributed by atoms with Crippen LogP contribution >= 0.6 is 27.3 Å². The van der Waals surface area contributed by atoms with Crippen LogP contribution in [0.1, 0.15) is 24.6 Å². The molecule has 2 N–H and O–H groups in total. The molecule has 0 fully saturated rings. The van der Waals surface area contributed by atoms with Gasteiger partial charge in [0, 0.05) is 28.3 Å². The summed E-state index contributed by atoms with van der Waals surface area (Å²) in [6.07, 6.45) is 1.23. The van der Waals surface area contributed by atoms with Crippen molar-refractivity contribution in [2.45, 2.75) is 26.3 Å². The predicted octanol–water partition coefficient (Wildman–Crippen LogP) is 3.15. The highest BCUT2D eigenvalue weighted by Crippen LogP contribution is 2.20. The molecule has 0 saturated carbocycles. The van der Waals surface area contributed by atoms with Crippen molar-refractivity contribution >= 4 is 39.3 Å². The SMILES string of the molecule is CC(CCCNC(=O)N(C)Cc1cc(Br)cs1)C(=O)O. The van der Waals surface area contributed by atoms with Crippen LogP contribution in [-0.4, -0.2) is 35.6 Å². The van der Waals surface area contributed by atoms with E-state index >= 15 is 0 Å². The third-order valence-electron chi connectivity index (χ3n) is 2.87. The standard InChI is InChI=1S/C13H19BrN2O3S/c1-9(12(17)18)4-3-5-15-13(19)16(2)7-11-6-10(14)8-20-11/h6,8-9H,3-5,7H2,1-2H3,(H,15,19)(H,17,18). The molecule has 0 radical (unpaired) electrons. The first-order valence-electron chi connectivity index (χ1n) is 6.35. The number of rotatable bonds is 7. The van der Waals surface area contributed by atoms with Gasteiger partial charge in [0.1, 0.15) is 0 Å². The zero-order chi connectivity index (χ0) is 15.1. The second kappa shape index (κ2) is 8.26. The average Bonchev–Trinajstić information content (AvgIpc) is 2.79. The second-order valence-electron chi connectivity index (χ2n) is 4.70. The topological polar surface area (TPSA) is 69.6 Å². The maximum Gasteiger partial charge on any atom is 0.317 e. The lowest BCUT2D eigenvalue weighted by molar-refractivity contribution is -0.141. The highest BCUT2D eigenvalue weighted by atomic mass is 79.9. The van der Waals surface area contributed by atoms with Crippen molar-refractivity contribution in [3.05, 3.63) is 20.8 Å². The summed E-state index contributed by atoms with van der Waals surface area (Å²) >= 11 is 4.98. The molecule has 1 aromatic heterocycles. The van der Waals surface area contributed by atoms with Gasteiger partial charge in [0.15, 0.2) is 0 Å². The zero-order valence-corrected chi connectivity index (χ0v) is 14.0. The minimum Gasteiger partial charge on any atom is -0.481 e. The molecule has 1 unspecified atom stereocenters. The number of carbonyl (C=O) groups excluding carboxylic acids is 1. The van der Waals surface area contributed by atoms with Crippen LogP contribution in [0.5, 0.6) is 0 Å². The lowest BCUT2D eigenvalue weighted by Gasteiger charge is -2.17. The van der Waals surface area contributed by atoms with Gasteiger partial charge in [-0.3, -0.25) is 4.79 Å². The summed E-state index contributed by atoms with van der Waals surface area (Å²) in [4.78, 5) is 25.2. The molecule has 0 aliphatic heterocycles. The van der Waals surface area contributed by atoms with Gasteiger partial charge in [0.05, 0.1) is 12.5 Å². The number of urea groups is 1. The summed E-state index contributed by atoms with van der Waals surface area (Å²) < 4.78 is 1.02. The van der Waals surface area contributed by atoms with Crippen molar-refractivity contribution in [1.82, 2.24) is 10.2 Å². The van der Waals surface area contributed by atoms with Crippen LogP contribution < -0.4 is 5.32 Å². The monoisotopic (exact) mass is 362 g/mol. The Morgan fingerprint density at radius 1 is 1.55 bits per heavy atom. The molecule has 2 amide bonds. The molecule has 0 saturated heterocycles. The maximum atomic E-state index is 11.8. The number of amides is 2. The van der Waals surface area contributed by atoms with Gasteiger partial charge >= 0.3 is 12.0 Å². The number of aliphatic carboxylic acids is 1. The molecule has 0 aliphatic carbocycles. The van der Waals surface area contributed by atoms with Crippen LogP contribution in [0.2, 0.25) is 0 Å². The van der Waals surface area contributed by atoms with Gasteiger partial charge < -0.3 is 15.3 Å². The Balaban J connectivity index is 2.23. The van der Waals surface area contributed by atoms with E-state index < -0.39 is 5.97 Å². The molecule has 1 aromatic rings. The Kier molecular flexibility index (Phi) is 7.01. The van der Waals surface area contributed by atoms with Crippen LogP contribution in [0.15, 0.2) is 15.9 Å². The summed E-state index contributed by atoms with van der Waals surface area (Å²) in [6.45, 7) is 2.73. The van der Waals surface area contributed by atoms with Crippen LogP contribution in [-0.2, 0) is 11.3 Å². The molecular formula is C13H19BrN2O3S. The van der Waals surface area contributed by atoms with Crippen LogP contribution in [0.3, 0.4) is 0 Å². The fourth-order valence-corrected chi connectivity index (χ4v) is 3.11. The molecule has 1 rings (SSSR count). The quantitative estimate of drug-likeness (QED) is 0.732. The fourth-order valence-electron chi connectivity index (χ4n) is 1.60. The lowest BCUT2D eigenvalue weighted by atomic mass is 10.1. The number of halogens is 1. The first-order chi connectivity index (χ1) is 9.40. The van der Waals surface area contributed by atoms with E-state index in [9.17, 15) is 9.59 Å². The van der Waals surface area contributed by atoms with Gasteiger partial charge in [-0.05, 0) is 34.8 Å². The first kappa shape index (κ1) is 17.0. The maximum absolute atomic E-state index is 11.8. The van der Waals surface area contributed by atoms with E-state index in [2.05, 4.69) is 21.2 Å². The van der Waals surface area contributed by atoms with Crippen molar-refractivity contribution in [3.8, 4) is 0 Å². The van der Waals surface area contributed by atoms with Crippen molar-refractivity contribution in [2.75, 3.05) is 13.6 Å². The van der Waals surface area contributed by atoms with Gasteiger partial charge in [-0.1, -0.05) is 6.92 Å². The number of hydrogen-bond donors (Lipinski definition) is 2. The van der Waals surface area contributed by atoms with Crippen molar-refractivity contribution in [3.63, 3.8) is 0 Å². The molecule has 0 aliphatic rings. The molecular weight excluding hydrogens is 344 g/mol. The van der Waals surface area contributed by atoms with Crippen LogP contribution in [0.25, 0.3) is 0 Å². The van der Waals surface area contributed by atoms with E-state index in [0.29, 0.717) is 25.9 Å². The Bertz CT molecular complexity index is 464. The number of nitrogens with one attached hydrogen (secondary N) is 1. The van der Waals surface area contributed by atoms with E-state index in [1.54, 1.807) is 30.2 Å². The van der Waals surface area contributed by atoms with E-state index in [-0.39, 0.29) is 11.9 Å². The zero-order valence-electron chi connectivity index (χ0n) is 11.6. The minimum atomic E-state index is -0.795. The second-order valence-corrected chi connectivity index (χ2v) is 6.61. The summed E-state index contributed by atoms with van der Waals surface area (Å²) in [5.41, 5.74) is 0. The Hall–Kier alpha value is -1.08. The summed E-state index contributed by atoms with van der Waals surface area (Å²) in [5, 5.41) is 13.5. The predicted molar refractivity (Wildman–Crippen MR) is 82.9 cm³/mol. The number of thiophene rings is 1. The third kappa shape index (κ3) is 5.92. The summed E-state index contributed by atoms with van der Waals surface area (Å²) in [7, 11) is 1.74. The van der Waals surface area contributed by atoms with Crippen molar-refractivity contribution in [2.24, 2.45) is 5.92 Å². The fraction of sp³-hybridized carbons (Fsp3) is 0.538. The van der Waals surface area contributed by atoms with Crippen molar-refractivity contribution < 1.29 is 14.7 Å². The van der Waals surface area contributed by atoms with Gasteiger partial charge in [-0.25, -0.2) is 4.79 Å². The normalized spacial score (nSPS) is 11.9. The van der Waals surface area contributed by atoms with E-state index in [1.807, 2.05) is 11.4 Å². The average molecular weight is 363 g/mol. The molecule has 1 atom stereocenters. The molecule has 0 spiro atoms. The third-order valence-corrected chi connectivity index (χ3v) is 4.56. The van der Waals surface area contributed by atoms with Gasteiger partial charge in [0.2, 0.25) is 0 Å². The molecule has 1 heterocycles. The molecule has 112 valence electrons. The summed E-state index contributed by atoms with van der Waals surface area (Å²) in [5.74, 6) is -1.16. The Morgan fingerprint density at radius 3 is 2.80 bits per heavy atom. The van der Waals surface area contributed by atoms with E-state index in [4.69, 9.17) is 5.11 Å². The highest BCUT2D eigenvalue weighted by Gasteiger charge is 2.12. The Morgan fingerprint density at radius 2 is 2.25 bits per heavy atom. The van der Waals surface area contributed by atoms with Crippen LogP contribution in [0, 0.1) is 5.92 Å². The molecule has 20 heavy (non-hydrogen) atoms. The highest BCUT2D eigenvalue weighted by molar-refractivity contribution is 9.10. The van der Waals surface area contributed by atoms with Crippen LogP contribution in [0.4, 0.5) is 4.79 Å². The number of carboxylic acid groups (broad SMARTS) is 1. The number of carboxylic acids is 1. The molecule has 0 bridgehead atoms. The molecule has 5 nitrogen and oxygen atoms in total. The minimum absolute atomic E-state index is 0.141. The molecule has 7 heteroatoms. The van der Waals surface area contributed by atoms with Gasteiger partial charge in [-0.15, -0.1) is 11.3 Å². The smallest absolute Gasteiger partial charge is 0.317 e. The lowest BCUT2D eigenvalue weighted by Crippen LogP contribution is -2.37. The van der Waals surface area contributed by atoms with E-state index in [0.717, 1.165) is 9.35 Å². The summed E-state index contributed by atoms with van der Waals surface area (Å²) in [6, 6.07) is 1.85. The molecule has 0 aromatic carbocycles. The van der Waals surface area contributed by atoms with Crippen molar-refractivity contribution in [1.29, 1.82) is 0 Å².